The van der Waals surface area contributed by atoms with Gasteiger partial charge < -0.3 is 15.1 Å². The number of nitrogens with zero attached hydrogens (tertiary/aromatic N) is 1. The maximum atomic E-state index is 11.0. The van der Waals surface area contributed by atoms with Crippen LogP contribution in [0.15, 0.2) is 12.3 Å². The number of methoxy groups -OCH3 is 1. The van der Waals surface area contributed by atoms with Crippen molar-refractivity contribution < 1.29 is 19.4 Å². The molecule has 0 spiro atoms. The predicted octanol–water partition coefficient (Wildman–Crippen LogP) is 0.335. The molecule has 0 amide bonds. The minimum Gasteiger partial charge on any atom is -0.618 e. The van der Waals surface area contributed by atoms with Gasteiger partial charge in [-0.3, -0.25) is 0 Å². The number of aromatic nitrogens is 1. The van der Waals surface area contributed by atoms with E-state index in [0.717, 1.165) is 6.20 Å². The summed E-state index contributed by atoms with van der Waals surface area (Å²) in [5, 5.41) is 19.7. The predicted molar refractivity (Wildman–Crippen MR) is 43.7 cm³/mol. The molecule has 0 aliphatic carbocycles. The molecule has 1 aromatic rings. The van der Waals surface area contributed by atoms with Crippen molar-refractivity contribution in [3.63, 3.8) is 0 Å². The summed E-state index contributed by atoms with van der Waals surface area (Å²) in [5.74, 6) is -0.865. The highest BCUT2D eigenvalue weighted by atomic mass is 16.5. The lowest BCUT2D eigenvalue weighted by Gasteiger charge is -2.06. The topological polar surface area (TPSA) is 73.5 Å². The number of carboxylic acid groups (broad SMARTS) is 1. The molecule has 5 nitrogen and oxygen atoms in total. The molecular formula is C8H9NO4. The van der Waals surface area contributed by atoms with Crippen molar-refractivity contribution in [2.75, 3.05) is 7.11 Å². The lowest BCUT2D eigenvalue weighted by molar-refractivity contribution is -0.608. The summed E-state index contributed by atoms with van der Waals surface area (Å²) >= 11 is 0. The highest BCUT2D eigenvalue weighted by molar-refractivity contribution is 5.86. The molecule has 1 N–H and O–H groups in total. The van der Waals surface area contributed by atoms with E-state index in [0.29, 0.717) is 16.0 Å². The lowest BCUT2D eigenvalue weighted by atomic mass is 10.2. The minimum atomic E-state index is -1.26. The zero-order valence-corrected chi connectivity index (χ0v) is 7.27. The van der Waals surface area contributed by atoms with Gasteiger partial charge in [-0.15, -0.1) is 0 Å². The van der Waals surface area contributed by atoms with Crippen LogP contribution in [0.5, 0.6) is 5.75 Å². The van der Waals surface area contributed by atoms with E-state index >= 15 is 0 Å². The van der Waals surface area contributed by atoms with Crippen LogP contribution in [0.3, 0.4) is 0 Å². The van der Waals surface area contributed by atoms with Gasteiger partial charge in [0.2, 0.25) is 0 Å². The van der Waals surface area contributed by atoms with Crippen LogP contribution in [-0.2, 0) is 0 Å². The quantitative estimate of drug-likeness (QED) is 0.529. The largest absolute Gasteiger partial charge is 0.618 e. The molecule has 0 aliphatic heterocycles. The van der Waals surface area contributed by atoms with E-state index in [2.05, 4.69) is 0 Å². The van der Waals surface area contributed by atoms with Gasteiger partial charge in [0.15, 0.2) is 6.20 Å². The van der Waals surface area contributed by atoms with E-state index in [9.17, 15) is 10.0 Å². The first-order valence-electron chi connectivity index (χ1n) is 3.58. The van der Waals surface area contributed by atoms with E-state index in [1.54, 1.807) is 0 Å². The molecular weight excluding hydrogens is 174 g/mol. The Kier molecular flexibility index (Phi) is 2.36. The molecule has 0 aromatic carbocycles. The van der Waals surface area contributed by atoms with Crippen molar-refractivity contribution in [3.05, 3.63) is 28.7 Å². The van der Waals surface area contributed by atoms with Gasteiger partial charge in [0.25, 0.3) is 0 Å². The van der Waals surface area contributed by atoms with Gasteiger partial charge in [-0.1, -0.05) is 0 Å². The van der Waals surface area contributed by atoms with E-state index in [-0.39, 0.29) is 5.69 Å². The van der Waals surface area contributed by atoms with Gasteiger partial charge in [-0.2, -0.15) is 4.73 Å². The van der Waals surface area contributed by atoms with Crippen molar-refractivity contribution in [2.24, 2.45) is 0 Å². The molecule has 0 aliphatic rings. The zero-order valence-electron chi connectivity index (χ0n) is 7.27. The number of aromatic carboxylic acids is 1. The van der Waals surface area contributed by atoms with Crippen LogP contribution in [0, 0.1) is 12.1 Å². The minimum absolute atomic E-state index is 0.306. The first kappa shape index (κ1) is 9.31. The number of pyridine rings is 1. The molecule has 0 saturated heterocycles. The van der Waals surface area contributed by atoms with Crippen LogP contribution in [0.4, 0.5) is 0 Å². The Morgan fingerprint density at radius 1 is 1.69 bits per heavy atom. The summed E-state index contributed by atoms with van der Waals surface area (Å²) < 4.78 is 5.18. The summed E-state index contributed by atoms with van der Waals surface area (Å²) in [6.45, 7) is 1.52. The SMILES string of the molecule is COc1cc[n+]([O-])c(C(=O)O)c1C. The summed E-state index contributed by atoms with van der Waals surface area (Å²) in [4.78, 5) is 10.6. The van der Waals surface area contributed by atoms with Crippen LogP contribution < -0.4 is 9.47 Å². The first-order chi connectivity index (χ1) is 6.07. The van der Waals surface area contributed by atoms with Crippen LogP contribution in [-0.4, -0.2) is 18.2 Å². The molecule has 0 bridgehead atoms. The van der Waals surface area contributed by atoms with Gasteiger partial charge in [0, 0.05) is 6.07 Å². The summed E-state index contributed by atoms with van der Waals surface area (Å²) in [7, 11) is 1.42. The Labute approximate surface area is 74.8 Å². The second-order valence-electron chi connectivity index (χ2n) is 2.49. The highest BCUT2D eigenvalue weighted by Gasteiger charge is 2.21. The molecule has 0 saturated carbocycles. The fourth-order valence-corrected chi connectivity index (χ4v) is 1.09. The van der Waals surface area contributed by atoms with Gasteiger partial charge in [0.05, 0.1) is 12.7 Å². The second-order valence-corrected chi connectivity index (χ2v) is 2.49. The Morgan fingerprint density at radius 3 is 2.77 bits per heavy atom. The molecule has 0 atom stereocenters. The number of rotatable bonds is 2. The number of hydrogen-bond acceptors (Lipinski definition) is 3. The fourth-order valence-electron chi connectivity index (χ4n) is 1.09. The third kappa shape index (κ3) is 1.53. The number of ether oxygens (including phenoxy) is 1. The van der Waals surface area contributed by atoms with E-state index in [1.165, 1.54) is 20.1 Å². The molecule has 0 fully saturated rings. The Bertz CT molecular complexity index is 348. The summed E-state index contributed by atoms with van der Waals surface area (Å²) in [6, 6.07) is 1.43. The van der Waals surface area contributed by atoms with Gasteiger partial charge in [-0.05, 0) is 6.92 Å². The number of carbonyl (C=O) groups is 1. The molecule has 70 valence electrons. The van der Waals surface area contributed by atoms with E-state index in [4.69, 9.17) is 9.84 Å². The summed E-state index contributed by atoms with van der Waals surface area (Å²) in [5.41, 5.74) is 0.0202. The molecule has 1 rings (SSSR count). The molecule has 5 heteroatoms. The fraction of sp³-hybridized carbons (Fsp3) is 0.250. The molecule has 1 heterocycles. The summed E-state index contributed by atoms with van der Waals surface area (Å²) in [6.07, 6.45) is 1.11. The lowest BCUT2D eigenvalue weighted by Crippen LogP contribution is -2.35. The van der Waals surface area contributed by atoms with Crippen LogP contribution in [0.2, 0.25) is 0 Å². The third-order valence-electron chi connectivity index (χ3n) is 1.73. The average molecular weight is 183 g/mol. The molecule has 13 heavy (non-hydrogen) atoms. The van der Waals surface area contributed by atoms with E-state index in [1.807, 2.05) is 0 Å². The molecule has 0 radical (unpaired) electrons. The van der Waals surface area contributed by atoms with Gasteiger partial charge >= 0.3 is 11.7 Å². The smallest absolute Gasteiger partial charge is 0.403 e. The van der Waals surface area contributed by atoms with Crippen LogP contribution in [0.25, 0.3) is 0 Å². The Morgan fingerprint density at radius 2 is 2.31 bits per heavy atom. The van der Waals surface area contributed by atoms with Crippen molar-refractivity contribution >= 4 is 5.97 Å². The Balaban J connectivity index is 3.38. The standard InChI is InChI=1S/C8H9NO4/c1-5-6(13-2)3-4-9(12)7(5)8(10)11/h3-4H,1-2H3,(H,10,11). The van der Waals surface area contributed by atoms with Crippen LogP contribution >= 0.6 is 0 Å². The molecule has 1 aromatic heterocycles. The van der Waals surface area contributed by atoms with E-state index < -0.39 is 5.97 Å². The number of carboxylic acids is 1. The average Bonchev–Trinajstić information content (AvgIpc) is 2.04. The second kappa shape index (κ2) is 3.30. The first-order valence-corrected chi connectivity index (χ1v) is 3.58. The maximum absolute atomic E-state index is 11.0. The van der Waals surface area contributed by atoms with Crippen molar-refractivity contribution in [1.29, 1.82) is 0 Å². The normalized spacial score (nSPS) is 9.69. The van der Waals surface area contributed by atoms with Crippen molar-refractivity contribution in [3.8, 4) is 5.75 Å². The highest BCUT2D eigenvalue weighted by Crippen LogP contribution is 2.17. The molecule has 0 unspecified atom stereocenters. The van der Waals surface area contributed by atoms with Crippen molar-refractivity contribution in [2.45, 2.75) is 6.92 Å². The van der Waals surface area contributed by atoms with Gasteiger partial charge in [-0.25, -0.2) is 4.79 Å². The van der Waals surface area contributed by atoms with Gasteiger partial charge in [0.1, 0.15) is 5.75 Å². The zero-order chi connectivity index (χ0) is 10.0. The monoisotopic (exact) mass is 183 g/mol. The van der Waals surface area contributed by atoms with Crippen LogP contribution in [0.1, 0.15) is 16.1 Å². The Hall–Kier alpha value is -1.78. The number of hydrogen-bond donors (Lipinski definition) is 1. The maximum Gasteiger partial charge on any atom is 0.403 e. The van der Waals surface area contributed by atoms with Crippen molar-refractivity contribution in [1.82, 2.24) is 0 Å². The third-order valence-corrected chi connectivity index (χ3v) is 1.73.